The molecule has 0 saturated heterocycles. The number of hydrogen-bond donors (Lipinski definition) is 0. The summed E-state index contributed by atoms with van der Waals surface area (Å²) in [5, 5.41) is 0.664. The molecule has 2 aromatic rings. The van der Waals surface area contributed by atoms with Gasteiger partial charge in [-0.25, -0.2) is 9.97 Å². The van der Waals surface area contributed by atoms with Crippen molar-refractivity contribution >= 4 is 16.7 Å². The van der Waals surface area contributed by atoms with E-state index in [0.717, 1.165) is 0 Å². The van der Waals surface area contributed by atoms with E-state index in [1.54, 1.807) is 19.0 Å². The van der Waals surface area contributed by atoms with Gasteiger partial charge in [0.25, 0.3) is 0 Å². The summed E-state index contributed by atoms with van der Waals surface area (Å²) in [4.78, 5) is 9.75. The van der Waals surface area contributed by atoms with E-state index < -0.39 is 6.36 Å². The van der Waals surface area contributed by atoms with Crippen LogP contribution in [0.15, 0.2) is 24.5 Å². The predicted molar refractivity (Wildman–Crippen MR) is 60.5 cm³/mol. The molecule has 1 heterocycles. The first kappa shape index (κ1) is 12.4. The Bertz CT molecular complexity index is 569. The van der Waals surface area contributed by atoms with E-state index in [0.29, 0.717) is 16.7 Å². The molecule has 18 heavy (non-hydrogen) atoms. The van der Waals surface area contributed by atoms with Crippen molar-refractivity contribution in [3.63, 3.8) is 0 Å². The molecular weight excluding hydrogens is 247 g/mol. The first-order valence-corrected chi connectivity index (χ1v) is 5.04. The summed E-state index contributed by atoms with van der Waals surface area (Å²) in [5.41, 5.74) is 0.399. The number of nitrogens with zero attached hydrogens (tertiary/aromatic N) is 3. The summed E-state index contributed by atoms with van der Waals surface area (Å²) >= 11 is 0. The van der Waals surface area contributed by atoms with E-state index in [9.17, 15) is 13.2 Å². The first-order chi connectivity index (χ1) is 8.37. The summed E-state index contributed by atoms with van der Waals surface area (Å²) in [6, 6.07) is 3.98. The zero-order chi connectivity index (χ0) is 13.3. The fourth-order valence-corrected chi connectivity index (χ4v) is 1.58. The van der Waals surface area contributed by atoms with Crippen LogP contribution in [0.5, 0.6) is 5.75 Å². The highest BCUT2D eigenvalue weighted by Crippen LogP contribution is 2.28. The Balaban J connectivity index is 2.47. The highest BCUT2D eigenvalue weighted by atomic mass is 19.4. The molecular formula is C11H10F3N3O. The molecule has 1 aromatic carbocycles. The zero-order valence-corrected chi connectivity index (χ0v) is 9.69. The Hall–Kier alpha value is -2.05. The number of anilines is 1. The first-order valence-electron chi connectivity index (χ1n) is 5.04. The highest BCUT2D eigenvalue weighted by Gasteiger charge is 2.31. The van der Waals surface area contributed by atoms with E-state index >= 15 is 0 Å². The molecule has 0 fully saturated rings. The molecule has 1 aromatic heterocycles. The van der Waals surface area contributed by atoms with Gasteiger partial charge < -0.3 is 9.64 Å². The lowest BCUT2D eigenvalue weighted by molar-refractivity contribution is -0.274. The van der Waals surface area contributed by atoms with E-state index in [4.69, 9.17) is 0 Å². The second kappa shape index (κ2) is 4.32. The van der Waals surface area contributed by atoms with E-state index in [-0.39, 0.29) is 5.75 Å². The Morgan fingerprint density at radius 2 is 1.89 bits per heavy atom. The SMILES string of the molecule is CN(C)c1ncnc2cc(OC(F)(F)F)ccc12. The van der Waals surface area contributed by atoms with Crippen LogP contribution in [-0.2, 0) is 0 Å². The summed E-state index contributed by atoms with van der Waals surface area (Å²) in [5.74, 6) is 0.344. The van der Waals surface area contributed by atoms with Gasteiger partial charge >= 0.3 is 6.36 Å². The minimum Gasteiger partial charge on any atom is -0.406 e. The third-order valence-electron chi connectivity index (χ3n) is 2.24. The molecule has 7 heteroatoms. The van der Waals surface area contributed by atoms with Crippen LogP contribution < -0.4 is 9.64 Å². The normalized spacial score (nSPS) is 11.6. The molecule has 4 nitrogen and oxygen atoms in total. The van der Waals surface area contributed by atoms with Crippen LogP contribution in [0.3, 0.4) is 0 Å². The molecule has 0 radical (unpaired) electrons. The molecule has 0 bridgehead atoms. The second-order valence-corrected chi connectivity index (χ2v) is 3.82. The van der Waals surface area contributed by atoms with Gasteiger partial charge in [0.2, 0.25) is 0 Å². The Kier molecular flexibility index (Phi) is 2.98. The average Bonchev–Trinajstić information content (AvgIpc) is 2.25. The second-order valence-electron chi connectivity index (χ2n) is 3.82. The van der Waals surface area contributed by atoms with Gasteiger partial charge in [-0.1, -0.05) is 0 Å². The van der Waals surface area contributed by atoms with Crippen molar-refractivity contribution in [2.75, 3.05) is 19.0 Å². The Labute approximate surface area is 101 Å². The lowest BCUT2D eigenvalue weighted by atomic mass is 10.2. The molecule has 0 aliphatic carbocycles. The number of halogens is 3. The van der Waals surface area contributed by atoms with Gasteiger partial charge in [-0.2, -0.15) is 0 Å². The number of fused-ring (bicyclic) bond motifs is 1. The topological polar surface area (TPSA) is 38.2 Å². The number of alkyl halides is 3. The zero-order valence-electron chi connectivity index (χ0n) is 9.69. The van der Waals surface area contributed by atoms with Crippen molar-refractivity contribution in [1.82, 2.24) is 9.97 Å². The van der Waals surface area contributed by atoms with Gasteiger partial charge in [-0.05, 0) is 12.1 Å². The van der Waals surface area contributed by atoms with Crippen LogP contribution in [0.1, 0.15) is 0 Å². The lowest BCUT2D eigenvalue weighted by Gasteiger charge is -2.14. The molecule has 0 saturated carbocycles. The quantitative estimate of drug-likeness (QED) is 0.828. The van der Waals surface area contributed by atoms with Crippen LogP contribution in [0.2, 0.25) is 0 Å². The Morgan fingerprint density at radius 1 is 1.17 bits per heavy atom. The summed E-state index contributed by atoms with van der Waals surface area (Å²) in [6.07, 6.45) is -3.40. The minimum absolute atomic E-state index is 0.293. The van der Waals surface area contributed by atoms with Crippen molar-refractivity contribution in [2.45, 2.75) is 6.36 Å². The lowest BCUT2D eigenvalue weighted by Crippen LogP contribution is -2.17. The maximum absolute atomic E-state index is 12.1. The third-order valence-corrected chi connectivity index (χ3v) is 2.24. The van der Waals surface area contributed by atoms with Gasteiger partial charge in [-0.3, -0.25) is 0 Å². The Morgan fingerprint density at radius 3 is 2.50 bits per heavy atom. The molecule has 2 rings (SSSR count). The molecule has 0 N–H and O–H groups in total. The van der Waals surface area contributed by atoms with Crippen molar-refractivity contribution in [2.24, 2.45) is 0 Å². The molecule has 0 spiro atoms. The van der Waals surface area contributed by atoms with Crippen LogP contribution >= 0.6 is 0 Å². The number of hydrogen-bond acceptors (Lipinski definition) is 4. The highest BCUT2D eigenvalue weighted by molar-refractivity contribution is 5.89. The van der Waals surface area contributed by atoms with Crippen LogP contribution in [0.25, 0.3) is 10.9 Å². The van der Waals surface area contributed by atoms with Crippen molar-refractivity contribution < 1.29 is 17.9 Å². The van der Waals surface area contributed by atoms with Crippen molar-refractivity contribution in [3.05, 3.63) is 24.5 Å². The van der Waals surface area contributed by atoms with E-state index in [2.05, 4.69) is 14.7 Å². The number of rotatable bonds is 2. The molecule has 0 aliphatic rings. The third kappa shape index (κ3) is 2.61. The summed E-state index contributed by atoms with van der Waals surface area (Å²) in [6.45, 7) is 0. The summed E-state index contributed by atoms with van der Waals surface area (Å²) < 4.78 is 40.1. The van der Waals surface area contributed by atoms with Crippen LogP contribution in [0.4, 0.5) is 19.0 Å². The number of ether oxygens (including phenoxy) is 1. The summed E-state index contributed by atoms with van der Waals surface area (Å²) in [7, 11) is 3.59. The molecule has 0 atom stereocenters. The van der Waals surface area contributed by atoms with Crippen molar-refractivity contribution in [1.29, 1.82) is 0 Å². The number of aromatic nitrogens is 2. The van der Waals surface area contributed by atoms with Gasteiger partial charge in [-0.15, -0.1) is 13.2 Å². The van der Waals surface area contributed by atoms with Gasteiger partial charge in [0, 0.05) is 25.5 Å². The predicted octanol–water partition coefficient (Wildman–Crippen LogP) is 2.59. The fourth-order valence-electron chi connectivity index (χ4n) is 1.58. The van der Waals surface area contributed by atoms with Crippen LogP contribution in [-0.4, -0.2) is 30.4 Å². The molecule has 96 valence electrons. The van der Waals surface area contributed by atoms with Gasteiger partial charge in [0.1, 0.15) is 17.9 Å². The van der Waals surface area contributed by atoms with Crippen LogP contribution in [0, 0.1) is 0 Å². The number of benzene rings is 1. The van der Waals surface area contributed by atoms with Gasteiger partial charge in [0.15, 0.2) is 0 Å². The van der Waals surface area contributed by atoms with E-state index in [1.165, 1.54) is 24.5 Å². The average molecular weight is 257 g/mol. The monoisotopic (exact) mass is 257 g/mol. The van der Waals surface area contributed by atoms with Crippen molar-refractivity contribution in [3.8, 4) is 5.75 Å². The largest absolute Gasteiger partial charge is 0.573 e. The standard InChI is InChI=1S/C11H10F3N3O/c1-17(2)10-8-4-3-7(18-11(12,13)14)5-9(8)15-6-16-10/h3-6H,1-2H3. The molecule has 0 unspecified atom stereocenters. The molecule has 0 aliphatic heterocycles. The smallest absolute Gasteiger partial charge is 0.406 e. The van der Waals surface area contributed by atoms with E-state index in [1.807, 2.05) is 0 Å². The fraction of sp³-hybridized carbons (Fsp3) is 0.273. The molecule has 0 amide bonds. The maximum atomic E-state index is 12.1. The van der Waals surface area contributed by atoms with Gasteiger partial charge in [0.05, 0.1) is 5.52 Å². The minimum atomic E-state index is -4.70. The maximum Gasteiger partial charge on any atom is 0.573 e.